The van der Waals surface area contributed by atoms with E-state index in [-0.39, 0.29) is 5.91 Å². The second-order valence-corrected chi connectivity index (χ2v) is 4.63. The topological polar surface area (TPSA) is 29.1 Å². The fourth-order valence-electron chi connectivity index (χ4n) is 1.63. The van der Waals surface area contributed by atoms with Crippen LogP contribution in [0, 0.1) is 0 Å². The van der Waals surface area contributed by atoms with Gasteiger partial charge in [0.1, 0.15) is 0 Å². The molecule has 0 spiro atoms. The van der Waals surface area contributed by atoms with Crippen LogP contribution >= 0.6 is 0 Å². The van der Waals surface area contributed by atoms with Gasteiger partial charge in [-0.1, -0.05) is 64.2 Å². The third-order valence-electron chi connectivity index (χ3n) is 2.80. The van der Waals surface area contributed by atoms with E-state index in [1.165, 1.54) is 32.1 Å². The molecule has 0 aromatic rings. The molecule has 2 heteroatoms. The Kier molecular flexibility index (Phi) is 13.2. The van der Waals surface area contributed by atoms with Crippen molar-refractivity contribution >= 4 is 5.91 Å². The predicted octanol–water partition coefficient (Wildman–Crippen LogP) is 4.38. The Morgan fingerprint density at radius 2 is 1.67 bits per heavy atom. The van der Waals surface area contributed by atoms with Crippen LogP contribution in [0.2, 0.25) is 0 Å². The lowest BCUT2D eigenvalue weighted by molar-refractivity contribution is -0.116. The number of hydrogen-bond acceptors (Lipinski definition) is 1. The summed E-state index contributed by atoms with van der Waals surface area (Å²) in [7, 11) is 0. The highest BCUT2D eigenvalue weighted by Crippen LogP contribution is 2.05. The first-order chi connectivity index (χ1) is 8.81. The summed E-state index contributed by atoms with van der Waals surface area (Å²) in [5, 5.41) is 2.85. The standard InChI is InChI=1S/C16H29NO/c1-3-5-7-8-9-10-11-12-13-14-16(18)17-15-6-4-2/h11-14H,3-10,15H2,1-2H3,(H,17,18). The van der Waals surface area contributed by atoms with Gasteiger partial charge >= 0.3 is 0 Å². The van der Waals surface area contributed by atoms with E-state index in [1.807, 2.05) is 12.2 Å². The number of allylic oxidation sites excluding steroid dienone is 3. The number of amides is 1. The maximum Gasteiger partial charge on any atom is 0.243 e. The molecule has 0 aliphatic heterocycles. The molecule has 0 radical (unpaired) electrons. The van der Waals surface area contributed by atoms with Gasteiger partial charge in [-0.2, -0.15) is 0 Å². The Bertz CT molecular complexity index is 243. The van der Waals surface area contributed by atoms with Gasteiger partial charge in [0.2, 0.25) is 5.91 Å². The lowest BCUT2D eigenvalue weighted by Crippen LogP contribution is -2.21. The molecule has 0 aliphatic rings. The third kappa shape index (κ3) is 13.0. The second kappa shape index (κ2) is 14.0. The Morgan fingerprint density at radius 3 is 2.39 bits per heavy atom. The highest BCUT2D eigenvalue weighted by Gasteiger charge is 1.91. The van der Waals surface area contributed by atoms with Crippen LogP contribution in [0.15, 0.2) is 24.3 Å². The summed E-state index contributed by atoms with van der Waals surface area (Å²) in [6.07, 6.45) is 17.4. The van der Waals surface area contributed by atoms with Gasteiger partial charge in [0.15, 0.2) is 0 Å². The van der Waals surface area contributed by atoms with E-state index in [4.69, 9.17) is 0 Å². The van der Waals surface area contributed by atoms with E-state index in [0.717, 1.165) is 25.8 Å². The van der Waals surface area contributed by atoms with Crippen LogP contribution in [-0.2, 0) is 4.79 Å². The smallest absolute Gasteiger partial charge is 0.243 e. The van der Waals surface area contributed by atoms with Crippen molar-refractivity contribution in [2.45, 2.75) is 65.2 Å². The first-order valence-electron chi connectivity index (χ1n) is 7.42. The zero-order valence-corrected chi connectivity index (χ0v) is 12.1. The fraction of sp³-hybridized carbons (Fsp3) is 0.688. The van der Waals surface area contributed by atoms with E-state index in [0.29, 0.717) is 0 Å². The summed E-state index contributed by atoms with van der Waals surface area (Å²) in [5.41, 5.74) is 0. The minimum atomic E-state index is 0.0102. The molecule has 0 aliphatic carbocycles. The van der Waals surface area contributed by atoms with Crippen molar-refractivity contribution in [1.29, 1.82) is 0 Å². The summed E-state index contributed by atoms with van der Waals surface area (Å²) < 4.78 is 0. The highest BCUT2D eigenvalue weighted by atomic mass is 16.1. The monoisotopic (exact) mass is 251 g/mol. The molecule has 1 N–H and O–H groups in total. The summed E-state index contributed by atoms with van der Waals surface area (Å²) in [4.78, 5) is 11.3. The molecule has 2 nitrogen and oxygen atoms in total. The first-order valence-corrected chi connectivity index (χ1v) is 7.42. The molecule has 0 aromatic carbocycles. The Morgan fingerprint density at radius 1 is 0.944 bits per heavy atom. The highest BCUT2D eigenvalue weighted by molar-refractivity contribution is 5.87. The van der Waals surface area contributed by atoms with Crippen LogP contribution in [0.4, 0.5) is 0 Å². The molecule has 1 amide bonds. The van der Waals surface area contributed by atoms with E-state index in [9.17, 15) is 4.79 Å². The molecular weight excluding hydrogens is 222 g/mol. The zero-order valence-electron chi connectivity index (χ0n) is 12.1. The van der Waals surface area contributed by atoms with Crippen molar-refractivity contribution in [3.63, 3.8) is 0 Å². The number of carbonyl (C=O) groups excluding carboxylic acids is 1. The lowest BCUT2D eigenvalue weighted by atomic mass is 10.1. The molecule has 0 saturated heterocycles. The van der Waals surface area contributed by atoms with Crippen LogP contribution in [0.25, 0.3) is 0 Å². The van der Waals surface area contributed by atoms with Crippen LogP contribution in [0.1, 0.15) is 65.2 Å². The Labute approximate surface area is 113 Å². The van der Waals surface area contributed by atoms with Gasteiger partial charge < -0.3 is 5.32 Å². The van der Waals surface area contributed by atoms with Gasteiger partial charge in [-0.25, -0.2) is 0 Å². The lowest BCUT2D eigenvalue weighted by Gasteiger charge is -1.98. The van der Waals surface area contributed by atoms with Gasteiger partial charge in [-0.05, 0) is 19.3 Å². The Balaban J connectivity index is 3.41. The summed E-state index contributed by atoms with van der Waals surface area (Å²) in [5.74, 6) is 0.0102. The number of hydrogen-bond donors (Lipinski definition) is 1. The molecule has 0 fully saturated rings. The largest absolute Gasteiger partial charge is 0.353 e. The van der Waals surface area contributed by atoms with E-state index in [1.54, 1.807) is 6.08 Å². The molecular formula is C16H29NO. The van der Waals surface area contributed by atoms with Gasteiger partial charge in [-0.15, -0.1) is 0 Å². The van der Waals surface area contributed by atoms with Gasteiger partial charge in [0, 0.05) is 12.6 Å². The molecule has 0 heterocycles. The number of unbranched alkanes of at least 4 members (excludes halogenated alkanes) is 6. The molecule has 0 aromatic heterocycles. The third-order valence-corrected chi connectivity index (χ3v) is 2.80. The molecule has 0 atom stereocenters. The van der Waals surface area contributed by atoms with Crippen LogP contribution in [0.3, 0.4) is 0 Å². The average Bonchev–Trinajstić information content (AvgIpc) is 2.37. The van der Waals surface area contributed by atoms with Crippen molar-refractivity contribution in [2.75, 3.05) is 6.54 Å². The van der Waals surface area contributed by atoms with E-state index >= 15 is 0 Å². The quantitative estimate of drug-likeness (QED) is 0.329. The Hall–Kier alpha value is -1.05. The summed E-state index contributed by atoms with van der Waals surface area (Å²) in [6.45, 7) is 5.13. The minimum absolute atomic E-state index is 0.0102. The maximum absolute atomic E-state index is 11.3. The first kappa shape index (κ1) is 16.9. The van der Waals surface area contributed by atoms with Crippen LogP contribution in [0.5, 0.6) is 0 Å². The van der Waals surface area contributed by atoms with Crippen molar-refractivity contribution < 1.29 is 4.79 Å². The van der Waals surface area contributed by atoms with Gasteiger partial charge in [-0.3, -0.25) is 4.79 Å². The molecule has 0 rings (SSSR count). The fourth-order valence-corrected chi connectivity index (χ4v) is 1.63. The molecule has 18 heavy (non-hydrogen) atoms. The molecule has 0 unspecified atom stereocenters. The van der Waals surface area contributed by atoms with Gasteiger partial charge in [0.05, 0.1) is 0 Å². The van der Waals surface area contributed by atoms with Crippen molar-refractivity contribution in [3.8, 4) is 0 Å². The predicted molar refractivity (Wildman–Crippen MR) is 79.6 cm³/mol. The number of carbonyl (C=O) groups is 1. The van der Waals surface area contributed by atoms with Crippen molar-refractivity contribution in [1.82, 2.24) is 5.32 Å². The number of rotatable bonds is 11. The maximum atomic E-state index is 11.3. The second-order valence-electron chi connectivity index (χ2n) is 4.63. The van der Waals surface area contributed by atoms with Gasteiger partial charge in [0.25, 0.3) is 0 Å². The molecule has 0 bridgehead atoms. The van der Waals surface area contributed by atoms with Crippen LogP contribution in [-0.4, -0.2) is 12.5 Å². The molecule has 0 saturated carbocycles. The van der Waals surface area contributed by atoms with E-state index in [2.05, 4.69) is 25.2 Å². The normalized spacial score (nSPS) is 11.4. The van der Waals surface area contributed by atoms with E-state index < -0.39 is 0 Å². The minimum Gasteiger partial charge on any atom is -0.353 e. The number of nitrogens with one attached hydrogen (secondary N) is 1. The molecule has 104 valence electrons. The van der Waals surface area contributed by atoms with Crippen molar-refractivity contribution in [3.05, 3.63) is 24.3 Å². The average molecular weight is 251 g/mol. The summed E-state index contributed by atoms with van der Waals surface area (Å²) in [6, 6.07) is 0. The SMILES string of the molecule is CCCCCCCC=CC=CC(=O)NCCCC. The van der Waals surface area contributed by atoms with Crippen LogP contribution < -0.4 is 5.32 Å². The van der Waals surface area contributed by atoms with Crippen molar-refractivity contribution in [2.24, 2.45) is 0 Å². The zero-order chi connectivity index (χ0) is 13.5. The summed E-state index contributed by atoms with van der Waals surface area (Å²) >= 11 is 0.